The molecule has 1 N–H and O–H groups in total. The van der Waals surface area contributed by atoms with Gasteiger partial charge in [0.25, 0.3) is 0 Å². The van der Waals surface area contributed by atoms with Gasteiger partial charge in [0.2, 0.25) is 0 Å². The predicted octanol–water partition coefficient (Wildman–Crippen LogP) is 3.66. The Hall–Kier alpha value is -2.37. The lowest BCUT2D eigenvalue weighted by molar-refractivity contribution is -0.136. The van der Waals surface area contributed by atoms with Crippen LogP contribution in [0, 0.1) is 6.92 Å². The van der Waals surface area contributed by atoms with Crippen molar-refractivity contribution >= 4 is 22.9 Å². The highest BCUT2D eigenvalue weighted by molar-refractivity contribution is 5.94. The van der Waals surface area contributed by atoms with Crippen LogP contribution in [-0.2, 0) is 11.0 Å². The lowest BCUT2D eigenvalue weighted by atomic mass is 10.0. The van der Waals surface area contributed by atoms with E-state index in [1.807, 2.05) is 0 Å². The highest BCUT2D eigenvalue weighted by atomic mass is 19.4. The first-order valence-electron chi connectivity index (χ1n) is 5.67. The summed E-state index contributed by atoms with van der Waals surface area (Å²) >= 11 is 0. The molecule has 1 aromatic carbocycles. The van der Waals surface area contributed by atoms with Crippen LogP contribution in [0.1, 0.15) is 16.8 Å². The number of aryl methyl sites for hydroxylation is 1. The number of carboxylic acid groups (broad SMARTS) is 1. The molecule has 1 aromatic heterocycles. The average Bonchev–Trinajstić information content (AvgIpc) is 2.33. The van der Waals surface area contributed by atoms with Gasteiger partial charge in [0.05, 0.1) is 11.1 Å². The fourth-order valence-corrected chi connectivity index (χ4v) is 1.94. The molecule has 0 unspecified atom stereocenters. The van der Waals surface area contributed by atoms with E-state index >= 15 is 0 Å². The highest BCUT2D eigenvalue weighted by Crippen LogP contribution is 2.35. The zero-order chi connectivity index (χ0) is 14.9. The molecule has 0 aliphatic carbocycles. The largest absolute Gasteiger partial charge is 0.478 e. The Morgan fingerprint density at radius 2 is 2.05 bits per heavy atom. The van der Waals surface area contributed by atoms with Gasteiger partial charge in [-0.05, 0) is 30.7 Å². The molecule has 0 amide bonds. The zero-order valence-electron chi connectivity index (χ0n) is 10.4. The normalized spacial score (nSPS) is 12.2. The minimum atomic E-state index is -4.51. The first-order chi connectivity index (χ1) is 9.29. The molecule has 0 saturated carbocycles. The van der Waals surface area contributed by atoms with E-state index in [4.69, 9.17) is 5.11 Å². The van der Waals surface area contributed by atoms with Crippen molar-refractivity contribution in [2.45, 2.75) is 13.1 Å². The summed E-state index contributed by atoms with van der Waals surface area (Å²) in [5.41, 5.74) is -0.228. The molecule has 0 atom stereocenters. The van der Waals surface area contributed by atoms with Crippen LogP contribution in [0.3, 0.4) is 0 Å². The minimum absolute atomic E-state index is 0.176. The molecule has 1 heterocycles. The molecule has 3 nitrogen and oxygen atoms in total. The van der Waals surface area contributed by atoms with Crippen LogP contribution in [0.25, 0.3) is 17.0 Å². The van der Waals surface area contributed by atoms with Gasteiger partial charge in [0.1, 0.15) is 0 Å². The first-order valence-corrected chi connectivity index (χ1v) is 5.67. The lowest BCUT2D eigenvalue weighted by Crippen LogP contribution is -2.07. The van der Waals surface area contributed by atoms with Crippen LogP contribution in [0.4, 0.5) is 13.2 Å². The fraction of sp³-hybridized carbons (Fsp3) is 0.143. The molecule has 0 bridgehead atoms. The Balaban J connectivity index is 2.76. The number of hydrogen-bond acceptors (Lipinski definition) is 2. The standard InChI is InChI=1S/C14H10F3NO2/c1-8-7-9(5-6-12(19)20)10-3-2-4-11(13(10)18-8)14(15,16)17/h2-7H,1H3,(H,19,20)/b6-5+. The number of halogens is 3. The fourth-order valence-electron chi connectivity index (χ4n) is 1.94. The molecule has 20 heavy (non-hydrogen) atoms. The quantitative estimate of drug-likeness (QED) is 0.855. The molecule has 2 aromatic rings. The molecule has 0 aliphatic rings. The summed E-state index contributed by atoms with van der Waals surface area (Å²) < 4.78 is 38.8. The van der Waals surface area contributed by atoms with Crippen LogP contribution in [-0.4, -0.2) is 16.1 Å². The molecule has 0 aliphatic heterocycles. The monoisotopic (exact) mass is 281 g/mol. The number of nitrogens with zero attached hydrogens (tertiary/aromatic N) is 1. The van der Waals surface area contributed by atoms with E-state index in [2.05, 4.69) is 4.98 Å². The second-order valence-corrected chi connectivity index (χ2v) is 4.22. The van der Waals surface area contributed by atoms with E-state index < -0.39 is 17.7 Å². The maximum atomic E-state index is 12.9. The minimum Gasteiger partial charge on any atom is -0.478 e. The van der Waals surface area contributed by atoms with Crippen molar-refractivity contribution in [1.29, 1.82) is 0 Å². The number of para-hydroxylation sites is 1. The third kappa shape index (κ3) is 2.79. The number of rotatable bonds is 2. The lowest BCUT2D eigenvalue weighted by Gasteiger charge is -2.11. The number of aliphatic carboxylic acids is 1. The summed E-state index contributed by atoms with van der Waals surface area (Å²) in [7, 11) is 0. The second kappa shape index (κ2) is 4.96. The molecule has 0 fully saturated rings. The van der Waals surface area contributed by atoms with E-state index in [-0.39, 0.29) is 10.9 Å². The Kier molecular flexibility index (Phi) is 3.48. The van der Waals surface area contributed by atoms with Crippen molar-refractivity contribution in [3.63, 3.8) is 0 Å². The zero-order valence-corrected chi connectivity index (χ0v) is 10.4. The Morgan fingerprint density at radius 1 is 1.35 bits per heavy atom. The van der Waals surface area contributed by atoms with E-state index in [1.165, 1.54) is 18.2 Å². The number of pyridine rings is 1. The molecule has 0 radical (unpaired) electrons. The van der Waals surface area contributed by atoms with Gasteiger partial charge < -0.3 is 5.11 Å². The van der Waals surface area contributed by atoms with Crippen LogP contribution >= 0.6 is 0 Å². The van der Waals surface area contributed by atoms with Crippen molar-refractivity contribution in [3.8, 4) is 0 Å². The maximum Gasteiger partial charge on any atom is 0.418 e. The van der Waals surface area contributed by atoms with Crippen molar-refractivity contribution in [3.05, 3.63) is 47.2 Å². The molecule has 0 spiro atoms. The molecule has 104 valence electrons. The van der Waals surface area contributed by atoms with Crippen molar-refractivity contribution in [2.75, 3.05) is 0 Å². The van der Waals surface area contributed by atoms with Gasteiger partial charge in [0, 0.05) is 17.2 Å². The van der Waals surface area contributed by atoms with Crippen LogP contribution in [0.15, 0.2) is 30.3 Å². The average molecular weight is 281 g/mol. The summed E-state index contributed by atoms with van der Waals surface area (Å²) in [5, 5.41) is 8.88. The molecular formula is C14H10F3NO2. The van der Waals surface area contributed by atoms with E-state index in [1.54, 1.807) is 13.0 Å². The summed E-state index contributed by atoms with van der Waals surface area (Å²) in [5.74, 6) is -1.17. The van der Waals surface area contributed by atoms with Gasteiger partial charge in [0.15, 0.2) is 0 Å². The van der Waals surface area contributed by atoms with Gasteiger partial charge in [-0.15, -0.1) is 0 Å². The van der Waals surface area contributed by atoms with Crippen molar-refractivity contribution in [2.24, 2.45) is 0 Å². The van der Waals surface area contributed by atoms with Crippen LogP contribution in [0.5, 0.6) is 0 Å². The number of benzene rings is 1. The third-order valence-electron chi connectivity index (χ3n) is 2.71. The number of carbonyl (C=O) groups is 1. The van der Waals surface area contributed by atoms with Gasteiger partial charge in [-0.2, -0.15) is 13.2 Å². The van der Waals surface area contributed by atoms with Gasteiger partial charge in [-0.1, -0.05) is 12.1 Å². The van der Waals surface area contributed by atoms with E-state index in [0.717, 1.165) is 12.1 Å². The molecule has 2 rings (SSSR count). The number of aromatic nitrogens is 1. The summed E-state index contributed by atoms with van der Waals surface area (Å²) in [6, 6.07) is 5.26. The van der Waals surface area contributed by atoms with Gasteiger partial charge in [-0.3, -0.25) is 4.98 Å². The number of carboxylic acids is 1. The molecule has 6 heteroatoms. The SMILES string of the molecule is Cc1cc(/C=C/C(=O)O)c2cccc(C(F)(F)F)c2n1. The first kappa shape index (κ1) is 14.0. The van der Waals surface area contributed by atoms with Crippen molar-refractivity contribution < 1.29 is 23.1 Å². The number of fused-ring (bicyclic) bond motifs is 1. The molecule has 0 saturated heterocycles. The summed E-state index contributed by atoms with van der Waals surface area (Å²) in [4.78, 5) is 14.5. The van der Waals surface area contributed by atoms with E-state index in [0.29, 0.717) is 11.3 Å². The molecular weight excluding hydrogens is 271 g/mol. The van der Waals surface area contributed by atoms with Crippen LogP contribution < -0.4 is 0 Å². The topological polar surface area (TPSA) is 50.2 Å². The van der Waals surface area contributed by atoms with Crippen LogP contribution in [0.2, 0.25) is 0 Å². The van der Waals surface area contributed by atoms with Gasteiger partial charge >= 0.3 is 12.1 Å². The van der Waals surface area contributed by atoms with E-state index in [9.17, 15) is 18.0 Å². The number of hydrogen-bond donors (Lipinski definition) is 1. The summed E-state index contributed by atoms with van der Waals surface area (Å²) in [6.45, 7) is 1.56. The van der Waals surface area contributed by atoms with Crippen molar-refractivity contribution in [1.82, 2.24) is 4.98 Å². The van der Waals surface area contributed by atoms with Gasteiger partial charge in [-0.25, -0.2) is 4.79 Å². The maximum absolute atomic E-state index is 12.9. The summed E-state index contributed by atoms with van der Waals surface area (Å²) in [6.07, 6.45) is -2.36. The number of alkyl halides is 3. The Labute approximate surface area is 112 Å². The Morgan fingerprint density at radius 3 is 2.65 bits per heavy atom. The highest BCUT2D eigenvalue weighted by Gasteiger charge is 2.33. The smallest absolute Gasteiger partial charge is 0.418 e. The third-order valence-corrected chi connectivity index (χ3v) is 2.71. The Bertz CT molecular complexity index is 705. The predicted molar refractivity (Wildman–Crippen MR) is 68.2 cm³/mol. The second-order valence-electron chi connectivity index (χ2n) is 4.22.